The molecule has 1 aromatic carbocycles. The normalized spacial score (nSPS) is 10.8. The van der Waals surface area contributed by atoms with Crippen LogP contribution in [0, 0.1) is 6.92 Å². The average Bonchev–Trinajstić information content (AvgIpc) is 3.37. The molecule has 0 aliphatic rings. The van der Waals surface area contributed by atoms with Crippen LogP contribution >= 0.6 is 22.7 Å². The smallest absolute Gasteiger partial charge is 0.267 e. The van der Waals surface area contributed by atoms with Gasteiger partial charge in [-0.2, -0.15) is 11.3 Å². The highest BCUT2D eigenvalue weighted by Gasteiger charge is 2.16. The predicted molar refractivity (Wildman–Crippen MR) is 102 cm³/mol. The number of thiophene rings is 1. The summed E-state index contributed by atoms with van der Waals surface area (Å²) in [6.45, 7) is 1.86. The molecular formula is C18H14N4OS2. The molecule has 0 fully saturated rings. The molecule has 0 unspecified atom stereocenters. The molecule has 4 rings (SSSR count). The van der Waals surface area contributed by atoms with Crippen molar-refractivity contribution in [1.82, 2.24) is 14.5 Å². The van der Waals surface area contributed by atoms with E-state index in [1.54, 1.807) is 23.9 Å². The minimum atomic E-state index is -0.133. The van der Waals surface area contributed by atoms with Crippen molar-refractivity contribution in [2.75, 3.05) is 5.32 Å². The summed E-state index contributed by atoms with van der Waals surface area (Å²) in [5.74, 6) is -0.133. The van der Waals surface area contributed by atoms with Gasteiger partial charge in [0.15, 0.2) is 0 Å². The number of thiazole rings is 1. The molecule has 1 amide bonds. The summed E-state index contributed by atoms with van der Waals surface area (Å²) in [6.07, 6.45) is 5.34. The molecule has 4 aromatic rings. The number of hydrogen-bond acceptors (Lipinski definition) is 5. The number of aromatic nitrogens is 3. The molecule has 0 radical (unpaired) electrons. The maximum absolute atomic E-state index is 12.6. The van der Waals surface area contributed by atoms with Crippen LogP contribution in [0.5, 0.6) is 0 Å². The van der Waals surface area contributed by atoms with E-state index in [0.717, 1.165) is 27.6 Å². The van der Waals surface area contributed by atoms with E-state index >= 15 is 0 Å². The van der Waals surface area contributed by atoms with E-state index in [4.69, 9.17) is 0 Å². The summed E-state index contributed by atoms with van der Waals surface area (Å²) in [5, 5.41) is 7.86. The van der Waals surface area contributed by atoms with E-state index in [1.165, 1.54) is 11.3 Å². The molecule has 3 aromatic heterocycles. The van der Waals surface area contributed by atoms with Crippen molar-refractivity contribution in [3.8, 4) is 16.3 Å². The number of nitrogens with zero attached hydrogens (tertiary/aromatic N) is 3. The molecule has 7 heteroatoms. The van der Waals surface area contributed by atoms with Crippen LogP contribution in [0.3, 0.4) is 0 Å². The van der Waals surface area contributed by atoms with Crippen LogP contribution in [0.1, 0.15) is 15.4 Å². The third kappa shape index (κ3) is 3.24. The average molecular weight is 366 g/mol. The molecule has 3 heterocycles. The molecule has 0 atom stereocenters. The maximum atomic E-state index is 12.6. The lowest BCUT2D eigenvalue weighted by molar-refractivity contribution is 0.103. The van der Waals surface area contributed by atoms with Gasteiger partial charge < -0.3 is 9.88 Å². The van der Waals surface area contributed by atoms with Gasteiger partial charge in [0.25, 0.3) is 5.91 Å². The first-order valence-electron chi connectivity index (χ1n) is 7.60. The molecule has 0 saturated heterocycles. The van der Waals surface area contributed by atoms with Gasteiger partial charge in [-0.05, 0) is 42.6 Å². The molecule has 25 heavy (non-hydrogen) atoms. The Balaban J connectivity index is 1.52. The van der Waals surface area contributed by atoms with Crippen LogP contribution in [0.4, 0.5) is 5.69 Å². The van der Waals surface area contributed by atoms with Gasteiger partial charge in [0.2, 0.25) is 0 Å². The zero-order valence-electron chi connectivity index (χ0n) is 13.3. The topological polar surface area (TPSA) is 59.8 Å². The highest BCUT2D eigenvalue weighted by molar-refractivity contribution is 7.17. The zero-order valence-corrected chi connectivity index (χ0v) is 15.0. The number of benzene rings is 1. The molecule has 5 nitrogen and oxygen atoms in total. The summed E-state index contributed by atoms with van der Waals surface area (Å²) in [5.41, 5.74) is 3.54. The number of nitrogens with one attached hydrogen (secondary N) is 1. The molecule has 0 aliphatic heterocycles. The number of anilines is 1. The Bertz CT molecular complexity index is 987. The highest BCUT2D eigenvalue weighted by atomic mass is 32.1. The van der Waals surface area contributed by atoms with Crippen LogP contribution in [0.15, 0.2) is 59.8 Å². The van der Waals surface area contributed by atoms with Gasteiger partial charge in [-0.15, -0.1) is 11.3 Å². The van der Waals surface area contributed by atoms with Gasteiger partial charge in [-0.25, -0.2) is 9.97 Å². The molecule has 0 saturated carbocycles. The third-order valence-electron chi connectivity index (χ3n) is 3.70. The van der Waals surface area contributed by atoms with Crippen LogP contribution in [0.2, 0.25) is 0 Å². The Labute approximate surface area is 152 Å². The van der Waals surface area contributed by atoms with Gasteiger partial charge in [0.05, 0.1) is 12.0 Å². The first kappa shape index (κ1) is 15.7. The van der Waals surface area contributed by atoms with Crippen LogP contribution in [-0.2, 0) is 0 Å². The number of carbonyl (C=O) groups is 1. The maximum Gasteiger partial charge on any atom is 0.267 e. The Hall–Kier alpha value is -2.77. The molecule has 124 valence electrons. The lowest BCUT2D eigenvalue weighted by Crippen LogP contribution is -2.11. The molecule has 0 bridgehead atoms. The predicted octanol–water partition coefficient (Wildman–Crippen LogP) is 4.62. The van der Waals surface area contributed by atoms with E-state index in [9.17, 15) is 4.79 Å². The Morgan fingerprint density at radius 2 is 2.04 bits per heavy atom. The van der Waals surface area contributed by atoms with Gasteiger partial charge in [0, 0.05) is 34.7 Å². The van der Waals surface area contributed by atoms with Crippen LogP contribution < -0.4 is 5.32 Å². The van der Waals surface area contributed by atoms with Crippen molar-refractivity contribution in [2.45, 2.75) is 6.92 Å². The molecule has 0 aliphatic carbocycles. The SMILES string of the molecule is Cc1nc(-c2ccsc2)sc1C(=O)Nc1ccc(-n2ccnc2)cc1. The number of amides is 1. The second-order valence-corrected chi connectivity index (χ2v) is 7.20. The first-order chi connectivity index (χ1) is 12.2. The Morgan fingerprint density at radius 3 is 2.72 bits per heavy atom. The van der Waals surface area contributed by atoms with E-state index in [1.807, 2.05) is 58.8 Å². The second-order valence-electron chi connectivity index (χ2n) is 5.42. The molecular weight excluding hydrogens is 352 g/mol. The van der Waals surface area contributed by atoms with Crippen molar-refractivity contribution in [1.29, 1.82) is 0 Å². The largest absolute Gasteiger partial charge is 0.321 e. The number of aryl methyl sites for hydroxylation is 1. The summed E-state index contributed by atoms with van der Waals surface area (Å²) < 4.78 is 1.91. The van der Waals surface area contributed by atoms with Crippen molar-refractivity contribution < 1.29 is 4.79 Å². The molecule has 1 N–H and O–H groups in total. The van der Waals surface area contributed by atoms with Gasteiger partial charge in [-0.3, -0.25) is 4.79 Å². The Morgan fingerprint density at radius 1 is 1.20 bits per heavy atom. The van der Waals surface area contributed by atoms with E-state index in [2.05, 4.69) is 15.3 Å². The van der Waals surface area contributed by atoms with Gasteiger partial charge >= 0.3 is 0 Å². The van der Waals surface area contributed by atoms with Crippen molar-refractivity contribution in [3.05, 3.63) is 70.4 Å². The van der Waals surface area contributed by atoms with E-state index in [-0.39, 0.29) is 5.91 Å². The standard InChI is InChI=1S/C18H14N4OS2/c1-12-16(25-18(20-12)13-6-9-24-10-13)17(23)21-14-2-4-15(5-3-14)22-8-7-19-11-22/h2-11H,1H3,(H,21,23). The van der Waals surface area contributed by atoms with Crippen molar-refractivity contribution >= 4 is 34.3 Å². The van der Waals surface area contributed by atoms with Crippen LogP contribution in [0.25, 0.3) is 16.3 Å². The lowest BCUT2D eigenvalue weighted by atomic mass is 10.2. The summed E-state index contributed by atoms with van der Waals surface area (Å²) in [6, 6.07) is 9.65. The van der Waals surface area contributed by atoms with Crippen molar-refractivity contribution in [3.63, 3.8) is 0 Å². The lowest BCUT2D eigenvalue weighted by Gasteiger charge is -2.06. The summed E-state index contributed by atoms with van der Waals surface area (Å²) >= 11 is 3.04. The minimum Gasteiger partial charge on any atom is -0.321 e. The monoisotopic (exact) mass is 366 g/mol. The van der Waals surface area contributed by atoms with Crippen LogP contribution in [-0.4, -0.2) is 20.4 Å². The van der Waals surface area contributed by atoms with Crippen molar-refractivity contribution in [2.24, 2.45) is 0 Å². The third-order valence-corrected chi connectivity index (χ3v) is 5.59. The number of rotatable bonds is 4. The number of carbonyl (C=O) groups excluding carboxylic acids is 1. The highest BCUT2D eigenvalue weighted by Crippen LogP contribution is 2.30. The first-order valence-corrected chi connectivity index (χ1v) is 9.36. The fourth-order valence-electron chi connectivity index (χ4n) is 2.43. The Kier molecular flexibility index (Phi) is 4.17. The molecule has 0 spiro atoms. The number of hydrogen-bond donors (Lipinski definition) is 1. The summed E-state index contributed by atoms with van der Waals surface area (Å²) in [7, 11) is 0. The fourth-order valence-corrected chi connectivity index (χ4v) is 4.11. The number of imidazole rings is 1. The van der Waals surface area contributed by atoms with Gasteiger partial charge in [0.1, 0.15) is 9.88 Å². The zero-order chi connectivity index (χ0) is 17.2. The quantitative estimate of drug-likeness (QED) is 0.573. The minimum absolute atomic E-state index is 0.133. The fraction of sp³-hybridized carbons (Fsp3) is 0.0556. The van der Waals surface area contributed by atoms with E-state index in [0.29, 0.717) is 4.88 Å². The van der Waals surface area contributed by atoms with Gasteiger partial charge in [-0.1, -0.05) is 0 Å². The summed E-state index contributed by atoms with van der Waals surface area (Å²) in [4.78, 5) is 21.8. The second kappa shape index (κ2) is 6.62. The van der Waals surface area contributed by atoms with E-state index < -0.39 is 0 Å².